The molecule has 0 saturated heterocycles. The van der Waals surface area contributed by atoms with Crippen LogP contribution in [0.1, 0.15) is 28.2 Å². The molecule has 4 aromatic rings. The topological polar surface area (TPSA) is 172 Å². The third-order valence-electron chi connectivity index (χ3n) is 5.55. The lowest BCUT2D eigenvalue weighted by Gasteiger charge is -2.17. The number of methoxy groups -OCH3 is 1. The van der Waals surface area contributed by atoms with Gasteiger partial charge in [-0.3, -0.25) is 9.48 Å². The molecule has 0 atom stereocenters. The molecule has 39 heavy (non-hydrogen) atoms. The van der Waals surface area contributed by atoms with Crippen LogP contribution in [0.3, 0.4) is 0 Å². The van der Waals surface area contributed by atoms with Crippen LogP contribution < -0.4 is 25.8 Å². The number of primary amides is 1. The number of anilines is 2. The van der Waals surface area contributed by atoms with Gasteiger partial charge in [0.05, 0.1) is 24.0 Å². The highest BCUT2D eigenvalue weighted by molar-refractivity contribution is 6.29. The molecule has 0 saturated carbocycles. The van der Waals surface area contributed by atoms with Gasteiger partial charge < -0.3 is 25.8 Å². The van der Waals surface area contributed by atoms with Crippen molar-refractivity contribution in [3.63, 3.8) is 0 Å². The van der Waals surface area contributed by atoms with Crippen LogP contribution in [0.5, 0.6) is 11.6 Å². The molecule has 0 spiro atoms. The van der Waals surface area contributed by atoms with E-state index in [9.17, 15) is 9.59 Å². The van der Waals surface area contributed by atoms with Crippen molar-refractivity contribution in [2.24, 2.45) is 12.8 Å². The molecule has 0 aliphatic carbocycles. The molecule has 0 bridgehead atoms. The molecular weight excluding hydrogens is 526 g/mol. The van der Waals surface area contributed by atoms with Gasteiger partial charge in [0, 0.05) is 31.9 Å². The summed E-state index contributed by atoms with van der Waals surface area (Å²) in [5, 5.41) is 18.1. The van der Waals surface area contributed by atoms with Gasteiger partial charge in [-0.05, 0) is 43.0 Å². The number of hydrogen-bond acceptors (Lipinski definition) is 10. The summed E-state index contributed by atoms with van der Waals surface area (Å²) in [5.74, 6) is 0.655. The summed E-state index contributed by atoms with van der Waals surface area (Å²) >= 11 is 6.09. The van der Waals surface area contributed by atoms with Gasteiger partial charge in [-0.25, -0.2) is 14.8 Å². The van der Waals surface area contributed by atoms with Crippen molar-refractivity contribution < 1.29 is 19.1 Å². The quantitative estimate of drug-likeness (QED) is 0.266. The Bertz CT molecular complexity index is 1510. The van der Waals surface area contributed by atoms with Crippen molar-refractivity contribution in [3.05, 3.63) is 64.8 Å². The number of carbonyl (C=O) groups is 2. The monoisotopic (exact) mass is 551 g/mol. The maximum atomic E-state index is 12.4. The lowest BCUT2D eigenvalue weighted by Crippen LogP contribution is -2.21. The van der Waals surface area contributed by atoms with Gasteiger partial charge in [0.2, 0.25) is 5.88 Å². The number of nitrogens with zero attached hydrogens (tertiary/aromatic N) is 6. The van der Waals surface area contributed by atoms with E-state index in [2.05, 4.69) is 35.9 Å². The Labute approximate surface area is 228 Å². The van der Waals surface area contributed by atoms with Crippen molar-refractivity contribution in [1.82, 2.24) is 35.3 Å². The number of nitrogens with two attached hydrogens (primary N) is 1. The number of halogens is 1. The highest BCUT2D eigenvalue weighted by Crippen LogP contribution is 2.39. The molecule has 202 valence electrons. The van der Waals surface area contributed by atoms with E-state index in [1.54, 1.807) is 30.2 Å². The maximum Gasteiger partial charge on any atom is 0.411 e. The Kier molecular flexibility index (Phi) is 8.51. The maximum absolute atomic E-state index is 12.4. The number of rotatable bonds is 10. The van der Waals surface area contributed by atoms with Crippen molar-refractivity contribution >= 4 is 35.0 Å². The minimum absolute atomic E-state index is 0.0657. The summed E-state index contributed by atoms with van der Waals surface area (Å²) in [5.41, 5.74) is 8.40. The summed E-state index contributed by atoms with van der Waals surface area (Å²) in [4.78, 5) is 32.2. The van der Waals surface area contributed by atoms with Gasteiger partial charge in [-0.2, -0.15) is 5.10 Å². The Hall–Kier alpha value is -4.78. The lowest BCUT2D eigenvalue weighted by molar-refractivity contribution is 0.0958. The summed E-state index contributed by atoms with van der Waals surface area (Å²) < 4.78 is 12.2. The highest BCUT2D eigenvalue weighted by Gasteiger charge is 2.20. The summed E-state index contributed by atoms with van der Waals surface area (Å²) in [6.07, 6.45) is 2.67. The second-order valence-corrected chi connectivity index (χ2v) is 8.73. The average molecular weight is 552 g/mol. The minimum atomic E-state index is -0.918. The molecular formula is C25H26ClN9O4. The molecule has 4 N–H and O–H groups in total. The van der Waals surface area contributed by atoms with Crippen LogP contribution in [-0.4, -0.2) is 56.1 Å². The fraction of sp³-hybridized carbons (Fsp3) is 0.240. The first-order valence-corrected chi connectivity index (χ1v) is 12.2. The number of aromatic nitrogens is 6. The third kappa shape index (κ3) is 6.76. The number of aryl methyl sites for hydroxylation is 3. The van der Waals surface area contributed by atoms with Crippen molar-refractivity contribution in [1.29, 1.82) is 0 Å². The van der Waals surface area contributed by atoms with E-state index in [0.29, 0.717) is 41.4 Å². The van der Waals surface area contributed by atoms with Crippen LogP contribution >= 0.6 is 11.6 Å². The first-order chi connectivity index (χ1) is 18.8. The van der Waals surface area contributed by atoms with Gasteiger partial charge in [-0.1, -0.05) is 17.7 Å². The Morgan fingerprint density at radius 3 is 2.64 bits per heavy atom. The molecule has 4 rings (SSSR count). The van der Waals surface area contributed by atoms with E-state index >= 15 is 0 Å². The third-order valence-corrected chi connectivity index (χ3v) is 5.74. The predicted octanol–water partition coefficient (Wildman–Crippen LogP) is 3.07. The molecule has 1 aromatic carbocycles. The second-order valence-electron chi connectivity index (χ2n) is 8.34. The number of hydrogen-bond donors (Lipinski definition) is 3. The van der Waals surface area contributed by atoms with E-state index < -0.39 is 12.0 Å². The zero-order valence-electron chi connectivity index (χ0n) is 21.4. The standard InChI is InChI=1S/C25H26ClN9O4/c1-28-24(36)21-17(12-19(26)32-33-21)31-18-11-14(10-16(22(18)38-3)23-29-13-35(2)34-23)6-4-7-15-8-5-9-20(30-15)39-25(27)37/h5,8-13H,4,6-7H2,1-3H3,(H2,27,37)(H,28,36)(H,31,32). The molecule has 0 aliphatic heterocycles. The molecule has 13 nitrogen and oxygen atoms in total. The molecule has 0 fully saturated rings. The molecule has 3 heterocycles. The van der Waals surface area contributed by atoms with E-state index in [1.807, 2.05) is 18.2 Å². The lowest BCUT2D eigenvalue weighted by atomic mass is 10.0. The number of ether oxygens (including phenoxy) is 2. The van der Waals surface area contributed by atoms with E-state index in [1.165, 1.54) is 20.2 Å². The van der Waals surface area contributed by atoms with Crippen molar-refractivity contribution in [3.8, 4) is 23.0 Å². The summed E-state index contributed by atoms with van der Waals surface area (Å²) in [6.45, 7) is 0. The van der Waals surface area contributed by atoms with E-state index in [4.69, 9.17) is 26.8 Å². The summed E-state index contributed by atoms with van der Waals surface area (Å²) in [7, 11) is 4.81. The molecule has 3 aromatic heterocycles. The van der Waals surface area contributed by atoms with Crippen LogP contribution in [0.2, 0.25) is 5.15 Å². The average Bonchev–Trinajstić information content (AvgIpc) is 3.34. The normalized spacial score (nSPS) is 10.7. The van der Waals surface area contributed by atoms with Crippen LogP contribution in [0.15, 0.2) is 42.7 Å². The van der Waals surface area contributed by atoms with Crippen molar-refractivity contribution in [2.45, 2.75) is 19.3 Å². The number of carbonyl (C=O) groups excluding carboxylic acids is 2. The van der Waals surface area contributed by atoms with Crippen LogP contribution in [0, 0.1) is 0 Å². The largest absolute Gasteiger partial charge is 0.494 e. The smallest absolute Gasteiger partial charge is 0.411 e. The number of pyridine rings is 1. The van der Waals surface area contributed by atoms with Crippen LogP contribution in [0.25, 0.3) is 11.4 Å². The first-order valence-electron chi connectivity index (χ1n) is 11.8. The van der Waals surface area contributed by atoms with Crippen LogP contribution in [0.4, 0.5) is 16.2 Å². The van der Waals surface area contributed by atoms with Crippen LogP contribution in [-0.2, 0) is 19.9 Å². The van der Waals surface area contributed by atoms with E-state index in [0.717, 1.165) is 17.7 Å². The summed E-state index contributed by atoms with van der Waals surface area (Å²) in [6, 6.07) is 10.5. The Balaban J connectivity index is 1.67. The Morgan fingerprint density at radius 1 is 1.13 bits per heavy atom. The fourth-order valence-electron chi connectivity index (χ4n) is 3.90. The Morgan fingerprint density at radius 2 is 1.95 bits per heavy atom. The van der Waals surface area contributed by atoms with Gasteiger partial charge >= 0.3 is 6.09 Å². The second kappa shape index (κ2) is 12.2. The zero-order valence-corrected chi connectivity index (χ0v) is 22.2. The molecule has 0 unspecified atom stereocenters. The van der Waals surface area contributed by atoms with Crippen molar-refractivity contribution in [2.75, 3.05) is 19.5 Å². The van der Waals surface area contributed by atoms with Gasteiger partial charge in [0.15, 0.2) is 22.4 Å². The fourth-order valence-corrected chi connectivity index (χ4v) is 4.05. The van der Waals surface area contributed by atoms with Gasteiger partial charge in [0.25, 0.3) is 5.91 Å². The zero-order chi connectivity index (χ0) is 27.9. The number of benzene rings is 1. The number of amides is 2. The SMILES string of the molecule is CNC(=O)c1nnc(Cl)cc1Nc1cc(CCCc2cccc(OC(N)=O)n2)cc(-c2ncn(C)n2)c1OC. The van der Waals surface area contributed by atoms with Gasteiger partial charge in [0.1, 0.15) is 6.33 Å². The van der Waals surface area contributed by atoms with Gasteiger partial charge in [-0.15, -0.1) is 10.2 Å². The first kappa shape index (κ1) is 27.3. The van der Waals surface area contributed by atoms with E-state index in [-0.39, 0.29) is 16.7 Å². The number of nitrogens with one attached hydrogen (secondary N) is 2. The molecule has 14 heteroatoms. The minimum Gasteiger partial charge on any atom is -0.494 e. The molecule has 2 amide bonds. The molecule has 0 aliphatic rings. The highest BCUT2D eigenvalue weighted by atomic mass is 35.5. The molecule has 0 radical (unpaired) electrons. The predicted molar refractivity (Wildman–Crippen MR) is 143 cm³/mol.